The van der Waals surface area contributed by atoms with Crippen molar-refractivity contribution in [3.63, 3.8) is 0 Å². The first-order valence-corrected chi connectivity index (χ1v) is 9.46. The van der Waals surface area contributed by atoms with Crippen molar-refractivity contribution in [1.82, 2.24) is 0 Å². The zero-order valence-electron chi connectivity index (χ0n) is 15.5. The highest BCUT2D eigenvalue weighted by molar-refractivity contribution is 6.33. The Hall–Kier alpha value is -2.86. The fourth-order valence-corrected chi connectivity index (χ4v) is 3.21. The molecule has 7 heteroatoms. The number of carbonyl (C=O) groups is 3. The fourth-order valence-electron chi connectivity index (χ4n) is 3.03. The number of benzene rings is 2. The quantitative estimate of drug-likeness (QED) is 0.753. The molecule has 3 rings (SSSR count). The van der Waals surface area contributed by atoms with E-state index in [-0.39, 0.29) is 18.9 Å². The minimum absolute atomic E-state index is 0.0699. The number of carbonyl (C=O) groups excluding carboxylic acids is 3. The van der Waals surface area contributed by atoms with Gasteiger partial charge in [-0.3, -0.25) is 14.4 Å². The lowest BCUT2D eigenvalue weighted by molar-refractivity contribution is -0.151. The van der Waals surface area contributed by atoms with E-state index in [1.807, 2.05) is 24.3 Å². The maximum absolute atomic E-state index is 12.3. The van der Waals surface area contributed by atoms with Gasteiger partial charge in [0.25, 0.3) is 5.91 Å². The van der Waals surface area contributed by atoms with Crippen LogP contribution in [0.25, 0.3) is 0 Å². The SMILES string of the molecule is CCc1ccc(N2CC(C(=O)OCC(=O)Nc3ccccc3Cl)CC2=O)cc1. The van der Waals surface area contributed by atoms with Gasteiger partial charge in [0.1, 0.15) is 0 Å². The highest BCUT2D eigenvalue weighted by Crippen LogP contribution is 2.26. The van der Waals surface area contributed by atoms with Crippen LogP contribution in [0.5, 0.6) is 0 Å². The zero-order valence-corrected chi connectivity index (χ0v) is 16.2. The van der Waals surface area contributed by atoms with E-state index >= 15 is 0 Å². The lowest BCUT2D eigenvalue weighted by atomic mass is 10.1. The molecule has 1 N–H and O–H groups in total. The molecular formula is C21H21ClN2O4. The maximum atomic E-state index is 12.3. The first-order chi connectivity index (χ1) is 13.5. The molecule has 6 nitrogen and oxygen atoms in total. The Balaban J connectivity index is 1.52. The lowest BCUT2D eigenvalue weighted by Crippen LogP contribution is -2.28. The van der Waals surface area contributed by atoms with Crippen LogP contribution in [-0.2, 0) is 25.5 Å². The summed E-state index contributed by atoms with van der Waals surface area (Å²) in [4.78, 5) is 38.1. The Morgan fingerprint density at radius 2 is 1.89 bits per heavy atom. The predicted octanol–water partition coefficient (Wildman–Crippen LogP) is 3.44. The van der Waals surface area contributed by atoms with E-state index in [0.29, 0.717) is 10.7 Å². The molecule has 1 atom stereocenters. The molecule has 1 fully saturated rings. The van der Waals surface area contributed by atoms with Crippen LogP contribution in [0.15, 0.2) is 48.5 Å². The van der Waals surface area contributed by atoms with Gasteiger partial charge in [0.15, 0.2) is 6.61 Å². The summed E-state index contributed by atoms with van der Waals surface area (Å²) in [5.74, 6) is -1.77. The topological polar surface area (TPSA) is 75.7 Å². The molecule has 2 aromatic rings. The van der Waals surface area contributed by atoms with Crippen molar-refractivity contribution in [1.29, 1.82) is 0 Å². The van der Waals surface area contributed by atoms with E-state index < -0.39 is 24.4 Å². The summed E-state index contributed by atoms with van der Waals surface area (Å²) >= 11 is 5.98. The van der Waals surface area contributed by atoms with Crippen molar-refractivity contribution in [2.75, 3.05) is 23.4 Å². The summed E-state index contributed by atoms with van der Waals surface area (Å²) < 4.78 is 5.10. The third-order valence-electron chi connectivity index (χ3n) is 4.61. The minimum atomic E-state index is -0.591. The summed E-state index contributed by atoms with van der Waals surface area (Å²) in [5.41, 5.74) is 2.38. The molecule has 146 valence electrons. The standard InChI is InChI=1S/C21H21ClN2O4/c1-2-14-7-9-16(10-8-14)24-12-15(11-20(24)26)21(27)28-13-19(25)23-18-6-4-3-5-17(18)22/h3-10,15H,2,11-13H2,1H3,(H,23,25). The van der Waals surface area contributed by atoms with E-state index in [2.05, 4.69) is 12.2 Å². The van der Waals surface area contributed by atoms with Crippen molar-refractivity contribution in [2.24, 2.45) is 5.92 Å². The number of anilines is 2. The van der Waals surface area contributed by atoms with Gasteiger partial charge >= 0.3 is 5.97 Å². The molecule has 2 aromatic carbocycles. The summed E-state index contributed by atoms with van der Waals surface area (Å²) in [6.45, 7) is 1.87. The monoisotopic (exact) mass is 400 g/mol. The maximum Gasteiger partial charge on any atom is 0.311 e. The second kappa shape index (κ2) is 8.89. The summed E-state index contributed by atoms with van der Waals surface area (Å²) in [5, 5.41) is 2.98. The van der Waals surface area contributed by atoms with Crippen molar-refractivity contribution in [3.05, 3.63) is 59.1 Å². The summed E-state index contributed by atoms with van der Waals surface area (Å²) in [6, 6.07) is 14.5. The molecule has 1 unspecified atom stereocenters. The third-order valence-corrected chi connectivity index (χ3v) is 4.94. The number of amides is 2. The van der Waals surface area contributed by atoms with Gasteiger partial charge in [-0.1, -0.05) is 42.8 Å². The van der Waals surface area contributed by atoms with Gasteiger partial charge in [-0.05, 0) is 36.2 Å². The number of aryl methyl sites for hydroxylation is 1. The molecule has 1 aliphatic heterocycles. The van der Waals surface area contributed by atoms with E-state index in [9.17, 15) is 14.4 Å². The molecule has 2 amide bonds. The van der Waals surface area contributed by atoms with E-state index in [1.165, 1.54) is 5.56 Å². The van der Waals surface area contributed by atoms with Crippen LogP contribution in [0, 0.1) is 5.92 Å². The first kappa shape index (κ1) is 19.9. The van der Waals surface area contributed by atoms with Crippen molar-refractivity contribution >= 4 is 40.8 Å². The van der Waals surface area contributed by atoms with Crippen LogP contribution in [0.1, 0.15) is 18.9 Å². The van der Waals surface area contributed by atoms with Gasteiger partial charge in [0.05, 0.1) is 16.6 Å². The highest BCUT2D eigenvalue weighted by atomic mass is 35.5. The second-order valence-corrected chi connectivity index (χ2v) is 6.97. The van der Waals surface area contributed by atoms with Crippen molar-refractivity contribution in [2.45, 2.75) is 19.8 Å². The molecule has 1 saturated heterocycles. The number of ether oxygens (including phenoxy) is 1. The fraction of sp³-hybridized carbons (Fsp3) is 0.286. The number of hydrogen-bond donors (Lipinski definition) is 1. The molecule has 0 radical (unpaired) electrons. The van der Waals surface area contributed by atoms with Gasteiger partial charge in [0, 0.05) is 18.7 Å². The first-order valence-electron chi connectivity index (χ1n) is 9.08. The lowest BCUT2D eigenvalue weighted by Gasteiger charge is -2.17. The van der Waals surface area contributed by atoms with Gasteiger partial charge in [-0.2, -0.15) is 0 Å². The van der Waals surface area contributed by atoms with Crippen LogP contribution in [0.2, 0.25) is 5.02 Å². The number of nitrogens with zero attached hydrogens (tertiary/aromatic N) is 1. The van der Waals surface area contributed by atoms with Crippen molar-refractivity contribution < 1.29 is 19.1 Å². The number of esters is 1. The van der Waals surface area contributed by atoms with Gasteiger partial charge in [-0.25, -0.2) is 0 Å². The molecule has 0 aliphatic carbocycles. The number of halogens is 1. The zero-order chi connectivity index (χ0) is 20.1. The second-order valence-electron chi connectivity index (χ2n) is 6.56. The van der Waals surface area contributed by atoms with Gasteiger partial charge in [-0.15, -0.1) is 0 Å². The van der Waals surface area contributed by atoms with E-state index in [0.717, 1.165) is 12.1 Å². The molecule has 28 heavy (non-hydrogen) atoms. The average molecular weight is 401 g/mol. The molecular weight excluding hydrogens is 380 g/mol. The smallest absolute Gasteiger partial charge is 0.311 e. The van der Waals surface area contributed by atoms with E-state index in [1.54, 1.807) is 29.2 Å². The Bertz CT molecular complexity index is 882. The largest absolute Gasteiger partial charge is 0.455 e. The Morgan fingerprint density at radius 1 is 1.18 bits per heavy atom. The Kier molecular flexibility index (Phi) is 6.31. The third kappa shape index (κ3) is 4.70. The number of nitrogens with one attached hydrogen (secondary N) is 1. The van der Waals surface area contributed by atoms with E-state index in [4.69, 9.17) is 16.3 Å². The number of hydrogen-bond acceptors (Lipinski definition) is 4. The van der Waals surface area contributed by atoms with Crippen LogP contribution in [0.3, 0.4) is 0 Å². The molecule has 1 aliphatic rings. The Labute approximate surface area is 168 Å². The molecule has 0 bridgehead atoms. The van der Waals surface area contributed by atoms with Crippen molar-refractivity contribution in [3.8, 4) is 0 Å². The van der Waals surface area contributed by atoms with Crippen LogP contribution in [-0.4, -0.2) is 30.9 Å². The van der Waals surface area contributed by atoms with Crippen LogP contribution in [0.4, 0.5) is 11.4 Å². The highest BCUT2D eigenvalue weighted by Gasteiger charge is 2.36. The number of rotatable bonds is 6. The molecule has 1 heterocycles. The molecule has 0 aromatic heterocycles. The van der Waals surface area contributed by atoms with Gasteiger partial charge < -0.3 is 15.0 Å². The molecule has 0 spiro atoms. The van der Waals surface area contributed by atoms with Crippen LogP contribution < -0.4 is 10.2 Å². The van der Waals surface area contributed by atoms with Gasteiger partial charge in [0.2, 0.25) is 5.91 Å². The summed E-state index contributed by atoms with van der Waals surface area (Å²) in [7, 11) is 0. The normalized spacial score (nSPS) is 16.1. The number of para-hydroxylation sites is 1. The van der Waals surface area contributed by atoms with Crippen LogP contribution >= 0.6 is 11.6 Å². The molecule has 0 saturated carbocycles. The predicted molar refractivity (Wildman–Crippen MR) is 107 cm³/mol. The minimum Gasteiger partial charge on any atom is -0.455 e. The Morgan fingerprint density at radius 3 is 2.57 bits per heavy atom. The average Bonchev–Trinajstić information content (AvgIpc) is 3.10. The summed E-state index contributed by atoms with van der Waals surface area (Å²) in [6.07, 6.45) is 0.986.